The summed E-state index contributed by atoms with van der Waals surface area (Å²) in [5.74, 6) is 5.27. The molecule has 39 heavy (non-hydrogen) atoms. The van der Waals surface area contributed by atoms with Crippen LogP contribution in [0.25, 0.3) is 22.4 Å². The van der Waals surface area contributed by atoms with Crippen LogP contribution in [0.15, 0.2) is 83.9 Å². The van der Waals surface area contributed by atoms with Crippen LogP contribution in [0.4, 0.5) is 0 Å². The third-order valence-corrected chi connectivity index (χ3v) is 8.82. The number of benzene rings is 2. The van der Waals surface area contributed by atoms with E-state index in [2.05, 4.69) is 16.9 Å². The van der Waals surface area contributed by atoms with Crippen molar-refractivity contribution in [3.8, 4) is 34.2 Å². The van der Waals surface area contributed by atoms with E-state index in [1.165, 1.54) is 23.0 Å². The molecule has 0 saturated carbocycles. The van der Waals surface area contributed by atoms with Gasteiger partial charge in [0.1, 0.15) is 0 Å². The van der Waals surface area contributed by atoms with Crippen molar-refractivity contribution in [3.63, 3.8) is 0 Å². The Kier molecular flexibility index (Phi) is 7.85. The number of sulfone groups is 1. The van der Waals surface area contributed by atoms with E-state index in [9.17, 15) is 18.0 Å². The van der Waals surface area contributed by atoms with Crippen LogP contribution in [-0.2, 0) is 28.2 Å². The van der Waals surface area contributed by atoms with Gasteiger partial charge in [-0.2, -0.15) is 5.10 Å². The Labute approximate surface area is 226 Å². The maximum absolute atomic E-state index is 12.7. The van der Waals surface area contributed by atoms with Crippen molar-refractivity contribution in [1.82, 2.24) is 19.8 Å². The number of amides is 1. The highest BCUT2D eigenvalue weighted by molar-refractivity contribution is 7.92. The highest BCUT2D eigenvalue weighted by atomic mass is 32.2. The second-order valence-electron chi connectivity index (χ2n) is 9.39. The summed E-state index contributed by atoms with van der Waals surface area (Å²) in [6, 6.07) is 20.6. The molecule has 0 saturated heterocycles. The van der Waals surface area contributed by atoms with Gasteiger partial charge in [0.05, 0.1) is 5.69 Å². The SMILES string of the molecule is Cn1nccc1-c1ccc(C#Cc2ccc(-c3ccn(CCC(C)(C(=O)NO)S(C)(=O)=O)c(=O)c3)cc2)cc1. The van der Waals surface area contributed by atoms with Crippen LogP contribution in [0.1, 0.15) is 24.5 Å². The van der Waals surface area contributed by atoms with Gasteiger partial charge >= 0.3 is 0 Å². The van der Waals surface area contributed by atoms with Crippen molar-refractivity contribution in [2.24, 2.45) is 7.05 Å². The van der Waals surface area contributed by atoms with E-state index < -0.39 is 20.5 Å². The fourth-order valence-electron chi connectivity index (χ4n) is 4.06. The molecule has 2 aromatic carbocycles. The zero-order valence-electron chi connectivity index (χ0n) is 21.7. The lowest BCUT2D eigenvalue weighted by atomic mass is 10.0. The van der Waals surface area contributed by atoms with Crippen molar-refractivity contribution in [2.45, 2.75) is 24.6 Å². The monoisotopic (exact) mass is 544 g/mol. The third-order valence-electron chi connectivity index (χ3n) is 6.80. The molecule has 2 N–H and O–H groups in total. The molecule has 4 rings (SSSR count). The Hall–Kier alpha value is -4.46. The number of hydrogen-bond acceptors (Lipinski definition) is 6. The van der Waals surface area contributed by atoms with Gasteiger partial charge < -0.3 is 4.57 Å². The quantitative estimate of drug-likeness (QED) is 0.210. The maximum Gasteiger partial charge on any atom is 0.264 e. The van der Waals surface area contributed by atoms with Crippen molar-refractivity contribution in [3.05, 3.63) is 101 Å². The van der Waals surface area contributed by atoms with Gasteiger partial charge in [0, 0.05) is 49.4 Å². The molecule has 2 aromatic heterocycles. The number of pyridine rings is 1. The number of rotatable bonds is 7. The van der Waals surface area contributed by atoms with Crippen LogP contribution >= 0.6 is 0 Å². The average molecular weight is 545 g/mol. The molecule has 10 heteroatoms. The van der Waals surface area contributed by atoms with Crippen molar-refractivity contribution in [1.29, 1.82) is 0 Å². The summed E-state index contributed by atoms with van der Waals surface area (Å²) < 4.78 is 25.6. The van der Waals surface area contributed by atoms with Gasteiger partial charge in [-0.15, -0.1) is 0 Å². The van der Waals surface area contributed by atoms with E-state index in [4.69, 9.17) is 5.21 Å². The molecule has 9 nitrogen and oxygen atoms in total. The van der Waals surface area contributed by atoms with Crippen LogP contribution in [0.2, 0.25) is 0 Å². The predicted molar refractivity (Wildman–Crippen MR) is 149 cm³/mol. The molecule has 1 atom stereocenters. The lowest BCUT2D eigenvalue weighted by molar-refractivity contribution is -0.131. The Morgan fingerprint density at radius 2 is 1.56 bits per heavy atom. The molecule has 0 radical (unpaired) electrons. The highest BCUT2D eigenvalue weighted by Crippen LogP contribution is 2.23. The first-order valence-electron chi connectivity index (χ1n) is 12.1. The topological polar surface area (TPSA) is 123 Å². The predicted octanol–water partition coefficient (Wildman–Crippen LogP) is 3.01. The molecule has 0 spiro atoms. The van der Waals surface area contributed by atoms with Crippen LogP contribution in [-0.4, -0.2) is 44.9 Å². The fraction of sp³-hybridized carbons (Fsp3) is 0.207. The van der Waals surface area contributed by atoms with E-state index in [1.807, 2.05) is 66.3 Å². The molecule has 0 aliphatic carbocycles. The standard InChI is InChI=1S/C29H28N4O5S/c1-29(28(35)31-36,39(3,37)38)16-19-33-18-15-25(20-27(33)34)23-10-6-21(7-11-23)4-5-22-8-12-24(13-9-22)26-14-17-30-32(26)2/h6-15,17-18,20,36H,16,19H2,1-3H3,(H,31,35). The lowest BCUT2D eigenvalue weighted by Gasteiger charge is -2.25. The van der Waals surface area contributed by atoms with Gasteiger partial charge in [-0.1, -0.05) is 36.1 Å². The Balaban J connectivity index is 1.45. The highest BCUT2D eigenvalue weighted by Gasteiger charge is 2.43. The number of hydroxylamine groups is 1. The van der Waals surface area contributed by atoms with Crippen molar-refractivity contribution >= 4 is 15.7 Å². The molecule has 4 aromatic rings. The van der Waals surface area contributed by atoms with E-state index in [1.54, 1.807) is 18.5 Å². The number of aryl methyl sites for hydroxylation is 2. The number of nitrogens with one attached hydrogen (secondary N) is 1. The van der Waals surface area contributed by atoms with Gasteiger partial charge in [0.25, 0.3) is 11.5 Å². The second-order valence-corrected chi connectivity index (χ2v) is 11.8. The normalized spacial score (nSPS) is 12.7. The molecule has 0 bridgehead atoms. The van der Waals surface area contributed by atoms with E-state index in [0.29, 0.717) is 5.56 Å². The van der Waals surface area contributed by atoms with Gasteiger partial charge in [-0.25, -0.2) is 13.9 Å². The molecular weight excluding hydrogens is 516 g/mol. The minimum atomic E-state index is -3.85. The summed E-state index contributed by atoms with van der Waals surface area (Å²) in [5, 5.41) is 13.2. The first kappa shape index (κ1) is 27.6. The largest absolute Gasteiger partial charge is 0.315 e. The molecule has 1 amide bonds. The number of hydrogen-bond donors (Lipinski definition) is 2. The maximum atomic E-state index is 12.7. The van der Waals surface area contributed by atoms with Gasteiger partial charge in [0.2, 0.25) is 0 Å². The fourth-order valence-corrected chi connectivity index (χ4v) is 4.91. The molecule has 0 fully saturated rings. The zero-order valence-corrected chi connectivity index (χ0v) is 22.6. The third kappa shape index (κ3) is 6.00. The van der Waals surface area contributed by atoms with Crippen LogP contribution < -0.4 is 11.0 Å². The molecule has 0 aliphatic heterocycles. The van der Waals surface area contributed by atoms with E-state index in [0.717, 1.165) is 34.2 Å². The Morgan fingerprint density at radius 1 is 0.974 bits per heavy atom. The first-order valence-corrected chi connectivity index (χ1v) is 14.0. The lowest BCUT2D eigenvalue weighted by Crippen LogP contribution is -2.49. The smallest absolute Gasteiger partial charge is 0.264 e. The van der Waals surface area contributed by atoms with Gasteiger partial charge in [0.15, 0.2) is 14.6 Å². The van der Waals surface area contributed by atoms with Crippen LogP contribution in [0, 0.1) is 11.8 Å². The van der Waals surface area contributed by atoms with Crippen LogP contribution in [0.3, 0.4) is 0 Å². The van der Waals surface area contributed by atoms with Crippen molar-refractivity contribution in [2.75, 3.05) is 6.26 Å². The van der Waals surface area contributed by atoms with Gasteiger partial charge in [-0.3, -0.25) is 19.5 Å². The minimum absolute atomic E-state index is 0.0202. The Bertz CT molecular complexity index is 1730. The number of nitrogens with zero attached hydrogens (tertiary/aromatic N) is 3. The number of carbonyl (C=O) groups is 1. The summed E-state index contributed by atoms with van der Waals surface area (Å²) in [4.78, 5) is 24.7. The molecule has 0 aliphatic rings. The number of aromatic nitrogens is 3. The second kappa shape index (κ2) is 11.1. The summed E-state index contributed by atoms with van der Waals surface area (Å²) >= 11 is 0. The minimum Gasteiger partial charge on any atom is -0.315 e. The summed E-state index contributed by atoms with van der Waals surface area (Å²) in [6.07, 6.45) is 4.05. The van der Waals surface area contributed by atoms with Gasteiger partial charge in [-0.05, 0) is 66.4 Å². The zero-order chi connectivity index (χ0) is 28.2. The average Bonchev–Trinajstić information content (AvgIpc) is 3.36. The molecule has 200 valence electrons. The molecule has 2 heterocycles. The summed E-state index contributed by atoms with van der Waals surface area (Å²) in [6.45, 7) is 1.20. The van der Waals surface area contributed by atoms with E-state index >= 15 is 0 Å². The summed E-state index contributed by atoms with van der Waals surface area (Å²) in [5.41, 5.74) is 6.39. The van der Waals surface area contributed by atoms with Crippen molar-refractivity contribution < 1.29 is 18.4 Å². The first-order chi connectivity index (χ1) is 18.5. The van der Waals surface area contributed by atoms with E-state index in [-0.39, 0.29) is 18.5 Å². The molecule has 1 unspecified atom stereocenters. The summed E-state index contributed by atoms with van der Waals surface area (Å²) in [7, 11) is -1.95. The molecular formula is C29H28N4O5S. The number of carbonyl (C=O) groups excluding carboxylic acids is 1. The Morgan fingerprint density at radius 3 is 2.05 bits per heavy atom. The van der Waals surface area contributed by atoms with Crippen LogP contribution in [0.5, 0.6) is 0 Å².